The van der Waals surface area contributed by atoms with E-state index in [1.807, 2.05) is 20.4 Å². The minimum Gasteiger partial charge on any atom is -0.351 e. The molecule has 1 aliphatic carbocycles. The van der Waals surface area contributed by atoms with Crippen LogP contribution in [0.5, 0.6) is 0 Å². The molecular formula is C20H26F4N6S2. The molecule has 176 valence electrons. The first-order valence-electron chi connectivity index (χ1n) is 10.5. The Bertz CT molecular complexity index is 937. The fraction of sp³-hybridized carbons (Fsp3) is 0.650. The van der Waals surface area contributed by atoms with Crippen molar-refractivity contribution in [3.63, 3.8) is 0 Å². The summed E-state index contributed by atoms with van der Waals surface area (Å²) in [6.07, 6.45) is 1.45. The summed E-state index contributed by atoms with van der Waals surface area (Å²) in [6, 6.07) is 0.416. The van der Waals surface area contributed by atoms with Crippen molar-refractivity contribution >= 4 is 29.2 Å². The molecule has 1 N–H and O–H groups in total. The van der Waals surface area contributed by atoms with Crippen LogP contribution in [-0.4, -0.2) is 69.7 Å². The lowest BCUT2D eigenvalue weighted by molar-refractivity contribution is -0.140. The van der Waals surface area contributed by atoms with Crippen LogP contribution in [0.15, 0.2) is 6.20 Å². The number of thiazole rings is 1. The van der Waals surface area contributed by atoms with E-state index in [9.17, 15) is 17.6 Å². The molecule has 1 saturated heterocycles. The topological polar surface area (TPSA) is 57.2 Å². The Morgan fingerprint density at radius 2 is 1.88 bits per heavy atom. The van der Waals surface area contributed by atoms with Crippen LogP contribution in [0.1, 0.15) is 42.3 Å². The van der Waals surface area contributed by atoms with Gasteiger partial charge in [-0.3, -0.25) is 4.31 Å². The molecule has 0 unspecified atom stereocenters. The molecule has 2 aliphatic rings. The lowest BCUT2D eigenvalue weighted by Gasteiger charge is -2.38. The van der Waals surface area contributed by atoms with E-state index >= 15 is 0 Å². The number of hydrogen-bond donors (Lipinski definition) is 1. The van der Waals surface area contributed by atoms with E-state index in [2.05, 4.69) is 29.5 Å². The lowest BCUT2D eigenvalue weighted by atomic mass is 9.80. The zero-order valence-electron chi connectivity index (χ0n) is 18.1. The zero-order chi connectivity index (χ0) is 23.0. The molecule has 32 heavy (non-hydrogen) atoms. The molecule has 2 fully saturated rings. The first kappa shape index (κ1) is 23.7. The maximum Gasteiger partial charge on any atom is 0.434 e. The smallest absolute Gasteiger partial charge is 0.351 e. The summed E-state index contributed by atoms with van der Waals surface area (Å²) < 4.78 is 58.1. The Morgan fingerprint density at radius 1 is 1.19 bits per heavy atom. The fourth-order valence-corrected chi connectivity index (χ4v) is 5.82. The second kappa shape index (κ2) is 9.40. The number of nitrogens with zero attached hydrogens (tertiary/aromatic N) is 5. The average Bonchev–Trinajstić information content (AvgIpc) is 3.14. The first-order chi connectivity index (χ1) is 15.2. The number of piperidine rings is 1. The number of rotatable bonds is 6. The number of anilines is 1. The van der Waals surface area contributed by atoms with E-state index in [0.717, 1.165) is 56.3 Å². The number of aromatic nitrogens is 3. The van der Waals surface area contributed by atoms with Crippen molar-refractivity contribution in [3.05, 3.63) is 22.7 Å². The van der Waals surface area contributed by atoms with Crippen LogP contribution in [0.3, 0.4) is 0 Å². The van der Waals surface area contributed by atoms with Crippen molar-refractivity contribution in [2.24, 2.45) is 0 Å². The van der Waals surface area contributed by atoms with Crippen LogP contribution in [0.25, 0.3) is 10.6 Å². The first-order valence-corrected chi connectivity index (χ1v) is 12.5. The molecule has 4 rings (SSSR count). The predicted octanol–water partition coefficient (Wildman–Crippen LogP) is 4.72. The molecule has 12 heteroatoms. The molecular weight excluding hydrogens is 464 g/mol. The Hall–Kier alpha value is -1.50. The van der Waals surface area contributed by atoms with E-state index in [4.69, 9.17) is 0 Å². The minimum atomic E-state index is -4.69. The lowest BCUT2D eigenvalue weighted by Crippen LogP contribution is -2.39. The quantitative estimate of drug-likeness (QED) is 0.465. The van der Waals surface area contributed by atoms with Gasteiger partial charge in [0.05, 0.1) is 16.1 Å². The van der Waals surface area contributed by atoms with Gasteiger partial charge in [0.1, 0.15) is 5.69 Å². The van der Waals surface area contributed by atoms with E-state index < -0.39 is 17.7 Å². The van der Waals surface area contributed by atoms with Crippen molar-refractivity contribution < 1.29 is 17.6 Å². The van der Waals surface area contributed by atoms with Crippen LogP contribution >= 0.6 is 23.3 Å². The summed E-state index contributed by atoms with van der Waals surface area (Å²) >= 11 is 2.57. The van der Waals surface area contributed by atoms with Gasteiger partial charge in [0, 0.05) is 31.1 Å². The van der Waals surface area contributed by atoms with Gasteiger partial charge >= 0.3 is 6.18 Å². The molecule has 2 aromatic rings. The van der Waals surface area contributed by atoms with Crippen molar-refractivity contribution in [2.45, 2.75) is 49.9 Å². The molecule has 0 radical (unpaired) electrons. The average molecular weight is 491 g/mol. The third kappa shape index (κ3) is 5.02. The molecule has 0 aromatic carbocycles. The standard InChI is InChI=1S/C20H26F4N6S2/c1-29(2)13-8-11(9-13)18-28-17(20(22,23)24)16(32-18)15-14(21)10-25-19(27-15)26-12-4-6-30(31-3)7-5-12/h10-13H,4-9H2,1-3H3,(H,25,26,27). The number of hydrogen-bond acceptors (Lipinski definition) is 8. The monoisotopic (exact) mass is 490 g/mol. The molecule has 1 aliphatic heterocycles. The van der Waals surface area contributed by atoms with Crippen LogP contribution < -0.4 is 5.32 Å². The van der Waals surface area contributed by atoms with Crippen molar-refractivity contribution in [1.82, 2.24) is 24.2 Å². The summed E-state index contributed by atoms with van der Waals surface area (Å²) in [5.74, 6) is -0.789. The number of halogens is 4. The molecule has 3 heterocycles. The highest BCUT2D eigenvalue weighted by molar-refractivity contribution is 7.96. The Morgan fingerprint density at radius 3 is 2.47 bits per heavy atom. The van der Waals surface area contributed by atoms with Crippen LogP contribution in [0, 0.1) is 5.82 Å². The highest BCUT2D eigenvalue weighted by atomic mass is 32.2. The van der Waals surface area contributed by atoms with Crippen LogP contribution in [-0.2, 0) is 6.18 Å². The van der Waals surface area contributed by atoms with E-state index in [1.54, 1.807) is 11.9 Å². The van der Waals surface area contributed by atoms with E-state index in [-0.39, 0.29) is 28.5 Å². The summed E-state index contributed by atoms with van der Waals surface area (Å²) in [7, 11) is 3.90. The molecule has 0 spiro atoms. The van der Waals surface area contributed by atoms with Crippen LogP contribution in [0.4, 0.5) is 23.5 Å². The van der Waals surface area contributed by atoms with Gasteiger partial charge < -0.3 is 10.2 Å². The van der Waals surface area contributed by atoms with Crippen LogP contribution in [0.2, 0.25) is 0 Å². The Labute approximate surface area is 193 Å². The van der Waals surface area contributed by atoms with Crippen molar-refractivity contribution in [1.29, 1.82) is 0 Å². The predicted molar refractivity (Wildman–Crippen MR) is 119 cm³/mol. The van der Waals surface area contributed by atoms with Gasteiger partial charge in [-0.1, -0.05) is 11.9 Å². The molecule has 1 saturated carbocycles. The Balaban J connectivity index is 1.59. The normalized spacial score (nSPS) is 22.9. The summed E-state index contributed by atoms with van der Waals surface area (Å²) in [5, 5.41) is 3.55. The summed E-state index contributed by atoms with van der Waals surface area (Å²) in [5.41, 5.74) is -1.41. The molecule has 6 nitrogen and oxygen atoms in total. The Kier molecular flexibility index (Phi) is 6.94. The highest BCUT2D eigenvalue weighted by Gasteiger charge is 2.42. The third-order valence-electron chi connectivity index (χ3n) is 6.11. The molecule has 0 atom stereocenters. The van der Waals surface area contributed by atoms with E-state index in [0.29, 0.717) is 11.0 Å². The molecule has 0 amide bonds. The largest absolute Gasteiger partial charge is 0.434 e. The van der Waals surface area contributed by atoms with Gasteiger partial charge in [0.25, 0.3) is 0 Å². The van der Waals surface area contributed by atoms with Gasteiger partial charge in [-0.2, -0.15) is 13.2 Å². The van der Waals surface area contributed by atoms with Gasteiger partial charge in [-0.15, -0.1) is 11.3 Å². The van der Waals surface area contributed by atoms with E-state index in [1.165, 1.54) is 0 Å². The second-order valence-corrected chi connectivity index (χ2v) is 10.3. The number of alkyl halides is 3. The third-order valence-corrected chi connectivity index (χ3v) is 8.22. The SMILES string of the molecule is CSN1CCC(Nc2ncc(F)c(-c3sc(C4CC(N(C)C)C4)nc3C(F)(F)F)n2)CC1. The van der Waals surface area contributed by atoms with Gasteiger partial charge in [-0.05, 0) is 46.0 Å². The zero-order valence-corrected chi connectivity index (χ0v) is 19.7. The maximum atomic E-state index is 14.6. The molecule has 0 bridgehead atoms. The fourth-order valence-electron chi connectivity index (χ4n) is 4.04. The summed E-state index contributed by atoms with van der Waals surface area (Å²) in [6.45, 7) is 1.78. The molecule has 2 aromatic heterocycles. The maximum absolute atomic E-state index is 14.6. The second-order valence-electron chi connectivity index (χ2n) is 8.43. The van der Waals surface area contributed by atoms with Crippen molar-refractivity contribution in [2.75, 3.05) is 38.8 Å². The number of nitrogens with one attached hydrogen (secondary N) is 1. The van der Waals surface area contributed by atoms with Gasteiger partial charge in [-0.25, -0.2) is 19.3 Å². The van der Waals surface area contributed by atoms with Gasteiger partial charge in [0.15, 0.2) is 11.5 Å². The minimum absolute atomic E-state index is 0.0497. The highest BCUT2D eigenvalue weighted by Crippen LogP contribution is 2.47. The van der Waals surface area contributed by atoms with Gasteiger partial charge in [0.2, 0.25) is 5.95 Å². The van der Waals surface area contributed by atoms with Crippen molar-refractivity contribution in [3.8, 4) is 10.6 Å². The summed E-state index contributed by atoms with van der Waals surface area (Å²) in [4.78, 5) is 13.8.